The van der Waals surface area contributed by atoms with E-state index in [1.165, 1.54) is 11.3 Å². The highest BCUT2D eigenvalue weighted by Gasteiger charge is 2.10. The highest BCUT2D eigenvalue weighted by atomic mass is 79.9. The van der Waals surface area contributed by atoms with Gasteiger partial charge in [-0.15, -0.1) is 11.3 Å². The summed E-state index contributed by atoms with van der Waals surface area (Å²) in [4.78, 5) is 12.8. The lowest BCUT2D eigenvalue weighted by molar-refractivity contribution is 0.0943. The summed E-state index contributed by atoms with van der Waals surface area (Å²) in [6, 6.07) is 11.0. The third kappa shape index (κ3) is 4.16. The molecule has 1 aromatic carbocycles. The molecule has 0 fully saturated rings. The number of aliphatic hydroxyl groups excluding tert-OH is 1. The molecule has 1 heterocycles. The van der Waals surface area contributed by atoms with E-state index in [0.29, 0.717) is 18.5 Å². The maximum absolute atomic E-state index is 11.9. The molecule has 0 saturated heterocycles. The fraction of sp³-hybridized carbons (Fsp3) is 0.214. The van der Waals surface area contributed by atoms with Gasteiger partial charge in [0, 0.05) is 21.5 Å². The van der Waals surface area contributed by atoms with Gasteiger partial charge < -0.3 is 10.4 Å². The maximum Gasteiger partial charge on any atom is 0.251 e. The Kier molecular flexibility index (Phi) is 5.13. The van der Waals surface area contributed by atoms with E-state index in [4.69, 9.17) is 0 Å². The molecule has 1 atom stereocenters. The van der Waals surface area contributed by atoms with E-state index < -0.39 is 6.10 Å². The van der Waals surface area contributed by atoms with Crippen LogP contribution in [0, 0.1) is 0 Å². The number of amides is 1. The van der Waals surface area contributed by atoms with Crippen LogP contribution in [-0.2, 0) is 0 Å². The summed E-state index contributed by atoms with van der Waals surface area (Å²) in [5.41, 5.74) is 0.611. The molecule has 0 radical (unpaired) electrons. The van der Waals surface area contributed by atoms with Gasteiger partial charge in [-0.25, -0.2) is 0 Å². The number of carbonyl (C=O) groups excluding carboxylic acids is 1. The zero-order valence-corrected chi connectivity index (χ0v) is 12.6. The van der Waals surface area contributed by atoms with Gasteiger partial charge in [-0.1, -0.05) is 28.1 Å². The highest BCUT2D eigenvalue weighted by Crippen LogP contribution is 2.21. The smallest absolute Gasteiger partial charge is 0.251 e. The van der Waals surface area contributed by atoms with Crippen molar-refractivity contribution in [3.8, 4) is 0 Å². The molecule has 1 amide bonds. The summed E-state index contributed by atoms with van der Waals surface area (Å²) >= 11 is 4.85. The van der Waals surface area contributed by atoms with Crippen molar-refractivity contribution in [1.82, 2.24) is 5.32 Å². The standard InChI is InChI=1S/C14H14BrNO2S/c15-11-4-1-3-10(9-11)14(18)16-7-6-12(17)13-5-2-8-19-13/h1-5,8-9,12,17H,6-7H2,(H,16,18). The monoisotopic (exact) mass is 339 g/mol. The van der Waals surface area contributed by atoms with Crippen molar-refractivity contribution in [3.63, 3.8) is 0 Å². The van der Waals surface area contributed by atoms with Gasteiger partial charge >= 0.3 is 0 Å². The predicted octanol–water partition coefficient (Wildman–Crippen LogP) is 3.36. The van der Waals surface area contributed by atoms with Gasteiger partial charge in [-0.3, -0.25) is 4.79 Å². The summed E-state index contributed by atoms with van der Waals surface area (Å²) in [5.74, 6) is -0.125. The summed E-state index contributed by atoms with van der Waals surface area (Å²) in [6.45, 7) is 0.449. The first-order valence-corrected chi connectivity index (χ1v) is 7.59. The number of benzene rings is 1. The molecule has 5 heteroatoms. The number of halogens is 1. The van der Waals surface area contributed by atoms with E-state index in [1.807, 2.05) is 29.6 Å². The second-order valence-corrected chi connectivity index (χ2v) is 5.98. The number of nitrogens with one attached hydrogen (secondary N) is 1. The second kappa shape index (κ2) is 6.84. The van der Waals surface area contributed by atoms with Crippen LogP contribution in [0.3, 0.4) is 0 Å². The normalized spacial score (nSPS) is 12.1. The fourth-order valence-electron chi connectivity index (χ4n) is 1.68. The summed E-state index contributed by atoms with van der Waals surface area (Å²) in [6.07, 6.45) is 0.00286. The highest BCUT2D eigenvalue weighted by molar-refractivity contribution is 9.10. The molecule has 0 bridgehead atoms. The largest absolute Gasteiger partial charge is 0.388 e. The van der Waals surface area contributed by atoms with Crippen molar-refractivity contribution in [2.45, 2.75) is 12.5 Å². The molecule has 0 saturated carbocycles. The van der Waals surface area contributed by atoms with Gasteiger partial charge in [-0.2, -0.15) is 0 Å². The van der Waals surface area contributed by atoms with Crippen LogP contribution in [0.4, 0.5) is 0 Å². The van der Waals surface area contributed by atoms with E-state index >= 15 is 0 Å². The first-order valence-electron chi connectivity index (χ1n) is 5.92. The van der Waals surface area contributed by atoms with Crippen molar-refractivity contribution < 1.29 is 9.90 Å². The second-order valence-electron chi connectivity index (χ2n) is 4.09. The first-order chi connectivity index (χ1) is 9.16. The average molecular weight is 340 g/mol. The molecule has 19 heavy (non-hydrogen) atoms. The van der Waals surface area contributed by atoms with Crippen LogP contribution >= 0.6 is 27.3 Å². The Labute approximate surface area is 124 Å². The van der Waals surface area contributed by atoms with Crippen LogP contribution in [0.5, 0.6) is 0 Å². The van der Waals surface area contributed by atoms with Crippen LogP contribution in [0.1, 0.15) is 27.8 Å². The van der Waals surface area contributed by atoms with Gasteiger partial charge in [0.1, 0.15) is 0 Å². The Morgan fingerprint density at radius 2 is 2.21 bits per heavy atom. The number of rotatable bonds is 5. The molecule has 0 spiro atoms. The molecule has 100 valence electrons. The molecule has 2 rings (SSSR count). The Morgan fingerprint density at radius 3 is 2.89 bits per heavy atom. The molecule has 0 aliphatic carbocycles. The minimum absolute atomic E-state index is 0.125. The van der Waals surface area contributed by atoms with Crippen LogP contribution in [-0.4, -0.2) is 17.6 Å². The lowest BCUT2D eigenvalue weighted by Crippen LogP contribution is -2.25. The predicted molar refractivity (Wildman–Crippen MR) is 80.4 cm³/mol. The zero-order valence-electron chi connectivity index (χ0n) is 10.2. The summed E-state index contributed by atoms with van der Waals surface area (Å²) in [7, 11) is 0. The number of thiophene rings is 1. The number of carbonyl (C=O) groups is 1. The maximum atomic E-state index is 11.9. The lowest BCUT2D eigenvalue weighted by atomic mass is 10.2. The minimum Gasteiger partial charge on any atom is -0.388 e. The lowest BCUT2D eigenvalue weighted by Gasteiger charge is -2.09. The van der Waals surface area contributed by atoms with Crippen LogP contribution in [0.2, 0.25) is 0 Å². The van der Waals surface area contributed by atoms with Gasteiger partial charge in [0.2, 0.25) is 0 Å². The van der Waals surface area contributed by atoms with E-state index in [2.05, 4.69) is 21.2 Å². The zero-order chi connectivity index (χ0) is 13.7. The molecule has 0 aliphatic rings. The fourth-order valence-corrected chi connectivity index (χ4v) is 2.82. The summed E-state index contributed by atoms with van der Waals surface area (Å²) < 4.78 is 0.874. The first kappa shape index (κ1) is 14.2. The number of hydrogen-bond donors (Lipinski definition) is 2. The van der Waals surface area contributed by atoms with E-state index in [9.17, 15) is 9.90 Å². The van der Waals surface area contributed by atoms with Crippen molar-refractivity contribution in [1.29, 1.82) is 0 Å². The van der Waals surface area contributed by atoms with Gasteiger partial charge in [-0.05, 0) is 36.1 Å². The SMILES string of the molecule is O=C(NCCC(O)c1cccs1)c1cccc(Br)c1. The van der Waals surface area contributed by atoms with E-state index in [-0.39, 0.29) is 5.91 Å². The van der Waals surface area contributed by atoms with Gasteiger partial charge in [0.05, 0.1) is 6.10 Å². The molecule has 0 aliphatic heterocycles. The Bertz CT molecular complexity index is 542. The molecule has 1 aromatic heterocycles. The van der Waals surface area contributed by atoms with Crippen molar-refractivity contribution in [2.75, 3.05) is 6.54 Å². The van der Waals surface area contributed by atoms with Crippen LogP contribution < -0.4 is 5.32 Å². The third-order valence-corrected chi connectivity index (χ3v) is 4.13. The summed E-state index contributed by atoms with van der Waals surface area (Å²) in [5, 5.41) is 14.6. The van der Waals surface area contributed by atoms with Gasteiger partial charge in [0.25, 0.3) is 5.91 Å². The van der Waals surface area contributed by atoms with Crippen molar-refractivity contribution in [2.24, 2.45) is 0 Å². The van der Waals surface area contributed by atoms with Crippen molar-refractivity contribution in [3.05, 3.63) is 56.7 Å². The minimum atomic E-state index is -0.511. The topological polar surface area (TPSA) is 49.3 Å². The Hall–Kier alpha value is -1.17. The van der Waals surface area contributed by atoms with Crippen LogP contribution in [0.15, 0.2) is 46.3 Å². The van der Waals surface area contributed by atoms with Gasteiger partial charge in [0.15, 0.2) is 0 Å². The molecular formula is C14H14BrNO2S. The van der Waals surface area contributed by atoms with Crippen LogP contribution in [0.25, 0.3) is 0 Å². The Balaban J connectivity index is 1.81. The third-order valence-electron chi connectivity index (χ3n) is 2.66. The number of aliphatic hydroxyl groups is 1. The average Bonchev–Trinajstić information content (AvgIpc) is 2.92. The molecule has 3 nitrogen and oxygen atoms in total. The molecule has 1 unspecified atom stereocenters. The van der Waals surface area contributed by atoms with E-state index in [0.717, 1.165) is 9.35 Å². The molecular weight excluding hydrogens is 326 g/mol. The number of hydrogen-bond acceptors (Lipinski definition) is 3. The Morgan fingerprint density at radius 1 is 1.37 bits per heavy atom. The quantitative estimate of drug-likeness (QED) is 0.877. The molecule has 2 N–H and O–H groups in total. The molecule has 2 aromatic rings. The van der Waals surface area contributed by atoms with Crippen molar-refractivity contribution >= 4 is 33.2 Å². The van der Waals surface area contributed by atoms with E-state index in [1.54, 1.807) is 12.1 Å².